The van der Waals surface area contributed by atoms with E-state index in [2.05, 4.69) is 6.92 Å². The maximum atomic E-state index is 13.1. The third-order valence-corrected chi connectivity index (χ3v) is 4.16. The molecular weight excluding hydrogens is 253 g/mol. The molecule has 0 atom stereocenters. The number of carbonyl (C=O) groups excluding carboxylic acids is 1. The Labute approximate surface area is 122 Å². The molecule has 1 fully saturated rings. The first-order chi connectivity index (χ1) is 9.54. The number of allylic oxidation sites excluding steroid dienone is 2. The molecule has 2 aliphatic rings. The maximum Gasteiger partial charge on any atom is 0.254 e. The first-order valence-electron chi connectivity index (χ1n) is 7.86. The Morgan fingerprint density at radius 3 is 2.25 bits per heavy atom. The standard InChI is InChI=1S/C15H22FNO.C2H6/c1-4-12-9-10(2)14(11(12)3)15(18)17-7-5-13(16)6-8-17;1-2/h13H,4-9H2,1-3H3;1-2H3. The van der Waals surface area contributed by atoms with Crippen LogP contribution in [0.15, 0.2) is 22.3 Å². The number of amides is 1. The van der Waals surface area contributed by atoms with E-state index in [1.165, 1.54) is 11.1 Å². The predicted octanol–water partition coefficient (Wildman–Crippen LogP) is 4.42. The molecule has 3 heteroatoms. The van der Waals surface area contributed by atoms with Crippen LogP contribution in [0.2, 0.25) is 0 Å². The van der Waals surface area contributed by atoms with E-state index in [0.717, 1.165) is 24.0 Å². The van der Waals surface area contributed by atoms with Crippen molar-refractivity contribution >= 4 is 5.91 Å². The Bertz CT molecular complexity index is 415. The zero-order valence-corrected chi connectivity index (χ0v) is 13.6. The summed E-state index contributed by atoms with van der Waals surface area (Å²) in [6, 6.07) is 0. The summed E-state index contributed by atoms with van der Waals surface area (Å²) in [7, 11) is 0. The summed E-state index contributed by atoms with van der Waals surface area (Å²) in [4.78, 5) is 14.3. The highest BCUT2D eigenvalue weighted by atomic mass is 19.1. The van der Waals surface area contributed by atoms with Gasteiger partial charge >= 0.3 is 0 Å². The first kappa shape index (κ1) is 16.9. The molecule has 1 saturated heterocycles. The van der Waals surface area contributed by atoms with Crippen molar-refractivity contribution in [2.45, 2.75) is 66.5 Å². The van der Waals surface area contributed by atoms with Crippen molar-refractivity contribution < 1.29 is 9.18 Å². The van der Waals surface area contributed by atoms with Gasteiger partial charge in [0, 0.05) is 18.7 Å². The van der Waals surface area contributed by atoms with Crippen LogP contribution >= 0.6 is 0 Å². The second-order valence-electron chi connectivity index (χ2n) is 5.38. The topological polar surface area (TPSA) is 20.3 Å². The molecule has 1 amide bonds. The van der Waals surface area contributed by atoms with Gasteiger partial charge in [0.1, 0.15) is 6.17 Å². The van der Waals surface area contributed by atoms with Crippen LogP contribution in [0.3, 0.4) is 0 Å². The minimum Gasteiger partial charge on any atom is -0.338 e. The number of nitrogens with zero attached hydrogens (tertiary/aromatic N) is 1. The number of hydrogen-bond donors (Lipinski definition) is 0. The number of piperidine rings is 1. The number of rotatable bonds is 2. The van der Waals surface area contributed by atoms with Crippen molar-refractivity contribution in [2.24, 2.45) is 0 Å². The van der Waals surface area contributed by atoms with E-state index in [9.17, 15) is 9.18 Å². The van der Waals surface area contributed by atoms with Crippen LogP contribution < -0.4 is 0 Å². The third kappa shape index (κ3) is 3.50. The van der Waals surface area contributed by atoms with Crippen LogP contribution in [0.1, 0.15) is 60.3 Å². The molecular formula is C17H28FNO. The number of likely N-dealkylation sites (tertiary alicyclic amines) is 1. The molecule has 1 aliphatic carbocycles. The van der Waals surface area contributed by atoms with E-state index in [1.54, 1.807) is 0 Å². The third-order valence-electron chi connectivity index (χ3n) is 4.16. The lowest BCUT2D eigenvalue weighted by molar-refractivity contribution is -0.128. The summed E-state index contributed by atoms with van der Waals surface area (Å²) < 4.78 is 13.1. The number of hydrogen-bond acceptors (Lipinski definition) is 1. The SMILES string of the molecule is CC.CCC1=C(C)C(C(=O)N2CCC(F)CC2)=C(C)C1. The Morgan fingerprint density at radius 2 is 1.80 bits per heavy atom. The predicted molar refractivity (Wildman–Crippen MR) is 82.4 cm³/mol. The minimum absolute atomic E-state index is 0.111. The summed E-state index contributed by atoms with van der Waals surface area (Å²) in [6.45, 7) is 11.3. The van der Waals surface area contributed by atoms with E-state index in [4.69, 9.17) is 0 Å². The van der Waals surface area contributed by atoms with Gasteiger partial charge in [0.15, 0.2) is 0 Å². The van der Waals surface area contributed by atoms with Gasteiger partial charge in [-0.05, 0) is 45.1 Å². The maximum absolute atomic E-state index is 13.1. The Balaban J connectivity index is 0.000000956. The zero-order chi connectivity index (χ0) is 15.3. The zero-order valence-electron chi connectivity index (χ0n) is 13.6. The molecule has 2 nitrogen and oxygen atoms in total. The molecule has 1 heterocycles. The Hall–Kier alpha value is -1.12. The van der Waals surface area contributed by atoms with Gasteiger partial charge in [-0.3, -0.25) is 4.79 Å². The highest BCUT2D eigenvalue weighted by Gasteiger charge is 2.29. The Kier molecular flexibility index (Phi) is 6.44. The number of alkyl halides is 1. The molecule has 0 bridgehead atoms. The first-order valence-corrected chi connectivity index (χ1v) is 7.86. The molecule has 0 aromatic carbocycles. The largest absolute Gasteiger partial charge is 0.338 e. The van der Waals surface area contributed by atoms with Gasteiger partial charge in [-0.1, -0.05) is 31.9 Å². The van der Waals surface area contributed by atoms with Gasteiger partial charge in [0.2, 0.25) is 0 Å². The second kappa shape index (κ2) is 7.61. The molecule has 0 aromatic heterocycles. The van der Waals surface area contributed by atoms with E-state index in [0.29, 0.717) is 25.9 Å². The van der Waals surface area contributed by atoms with Gasteiger partial charge in [0.05, 0.1) is 0 Å². The summed E-state index contributed by atoms with van der Waals surface area (Å²) in [5.74, 6) is 0.111. The van der Waals surface area contributed by atoms with E-state index >= 15 is 0 Å². The lowest BCUT2D eigenvalue weighted by atomic mass is 10.0. The van der Waals surface area contributed by atoms with Crippen LogP contribution in [0.5, 0.6) is 0 Å². The molecule has 0 spiro atoms. The number of carbonyl (C=O) groups is 1. The average Bonchev–Trinajstić information content (AvgIpc) is 2.75. The number of halogens is 1. The molecule has 0 unspecified atom stereocenters. The molecule has 0 saturated carbocycles. The molecule has 20 heavy (non-hydrogen) atoms. The fraction of sp³-hybridized carbons (Fsp3) is 0.706. The van der Waals surface area contributed by atoms with Crippen molar-refractivity contribution in [1.29, 1.82) is 0 Å². The summed E-state index contributed by atoms with van der Waals surface area (Å²) >= 11 is 0. The van der Waals surface area contributed by atoms with Crippen molar-refractivity contribution in [3.8, 4) is 0 Å². The smallest absolute Gasteiger partial charge is 0.254 e. The lowest BCUT2D eigenvalue weighted by Gasteiger charge is -2.29. The van der Waals surface area contributed by atoms with Gasteiger partial charge < -0.3 is 4.90 Å². The summed E-state index contributed by atoms with van der Waals surface area (Å²) in [6.07, 6.45) is 2.19. The van der Waals surface area contributed by atoms with Gasteiger partial charge in [-0.15, -0.1) is 0 Å². The highest BCUT2D eigenvalue weighted by molar-refractivity contribution is 5.99. The van der Waals surface area contributed by atoms with Gasteiger partial charge in [0.25, 0.3) is 5.91 Å². The molecule has 0 radical (unpaired) electrons. The van der Waals surface area contributed by atoms with E-state index < -0.39 is 6.17 Å². The fourth-order valence-electron chi connectivity index (χ4n) is 2.98. The molecule has 114 valence electrons. The van der Waals surface area contributed by atoms with Crippen molar-refractivity contribution in [3.05, 3.63) is 22.3 Å². The van der Waals surface area contributed by atoms with Crippen molar-refractivity contribution in [3.63, 3.8) is 0 Å². The minimum atomic E-state index is -0.726. The highest BCUT2D eigenvalue weighted by Crippen LogP contribution is 2.35. The molecule has 1 aliphatic heterocycles. The second-order valence-corrected chi connectivity index (χ2v) is 5.38. The van der Waals surface area contributed by atoms with Crippen LogP contribution in [0, 0.1) is 0 Å². The van der Waals surface area contributed by atoms with Gasteiger partial charge in [-0.25, -0.2) is 4.39 Å². The van der Waals surface area contributed by atoms with Crippen molar-refractivity contribution in [1.82, 2.24) is 4.90 Å². The summed E-state index contributed by atoms with van der Waals surface area (Å²) in [5, 5.41) is 0. The van der Waals surface area contributed by atoms with Crippen molar-refractivity contribution in [2.75, 3.05) is 13.1 Å². The molecule has 2 rings (SSSR count). The van der Waals surface area contributed by atoms with E-state index in [1.807, 2.05) is 32.6 Å². The normalized spacial score (nSPS) is 20.2. The van der Waals surface area contributed by atoms with Crippen LogP contribution in [0.4, 0.5) is 4.39 Å². The summed E-state index contributed by atoms with van der Waals surface area (Å²) in [5.41, 5.74) is 4.60. The van der Waals surface area contributed by atoms with Crippen LogP contribution in [0.25, 0.3) is 0 Å². The lowest BCUT2D eigenvalue weighted by Crippen LogP contribution is -2.40. The van der Waals surface area contributed by atoms with E-state index in [-0.39, 0.29) is 5.91 Å². The quantitative estimate of drug-likeness (QED) is 0.733. The molecule has 0 N–H and O–H groups in total. The van der Waals surface area contributed by atoms with Gasteiger partial charge in [-0.2, -0.15) is 0 Å². The average molecular weight is 281 g/mol. The van der Waals surface area contributed by atoms with Crippen LogP contribution in [-0.2, 0) is 4.79 Å². The molecule has 0 aromatic rings. The monoisotopic (exact) mass is 281 g/mol. The fourth-order valence-corrected chi connectivity index (χ4v) is 2.98. The van der Waals surface area contributed by atoms with Crippen LogP contribution in [-0.4, -0.2) is 30.1 Å². The Morgan fingerprint density at radius 1 is 1.25 bits per heavy atom.